The van der Waals surface area contributed by atoms with Crippen molar-refractivity contribution in [3.63, 3.8) is 0 Å². The molecule has 4 rings (SSSR count). The van der Waals surface area contributed by atoms with E-state index in [9.17, 15) is 20.1 Å². The first-order chi connectivity index (χ1) is 21.2. The molecule has 0 amide bonds. The summed E-state index contributed by atoms with van der Waals surface area (Å²) in [6.45, 7) is 8.98. The Morgan fingerprint density at radius 2 is 1.84 bits per heavy atom. The number of hydrogen-bond donors (Lipinski definition) is 3. The number of carbonyl (C=O) groups excluding carboxylic acids is 1. The fourth-order valence-electron chi connectivity index (χ4n) is 6.53. The van der Waals surface area contributed by atoms with Gasteiger partial charge in [-0.15, -0.1) is 11.6 Å². The first-order valence-corrected chi connectivity index (χ1v) is 16.1. The average Bonchev–Trinajstić information content (AvgIpc) is 3.67. The van der Waals surface area contributed by atoms with Gasteiger partial charge in [0.1, 0.15) is 23.9 Å². The molecule has 2 bridgehead atoms. The molecule has 3 aliphatic heterocycles. The lowest BCUT2D eigenvalue weighted by molar-refractivity contribution is -0.362. The molecule has 252 valence electrons. The quantitative estimate of drug-likeness (QED) is 0.129. The number of hydrogen-bond acceptors (Lipinski definition) is 10. The van der Waals surface area contributed by atoms with Crippen LogP contribution in [0, 0.1) is 29.6 Å². The fourth-order valence-corrected chi connectivity index (χ4v) is 6.78. The molecular formula is C34H49ClO10. The number of rotatable bonds is 6. The average molecular weight is 653 g/mol. The van der Waals surface area contributed by atoms with E-state index in [1.165, 1.54) is 14.0 Å². The van der Waals surface area contributed by atoms with Gasteiger partial charge in [-0.3, -0.25) is 4.79 Å². The normalized spacial score (nSPS) is 47.2. The van der Waals surface area contributed by atoms with Gasteiger partial charge in [0.15, 0.2) is 12.1 Å². The largest absolute Gasteiger partial charge is 0.458 e. The Kier molecular flexibility index (Phi) is 12.0. The molecule has 1 aliphatic carbocycles. The Morgan fingerprint density at radius 1 is 1.13 bits per heavy atom. The number of alkyl halides is 1. The van der Waals surface area contributed by atoms with Crippen LogP contribution in [0.25, 0.3) is 0 Å². The van der Waals surface area contributed by atoms with Crippen molar-refractivity contribution in [3.05, 3.63) is 36.0 Å². The van der Waals surface area contributed by atoms with E-state index in [2.05, 4.69) is 11.8 Å². The lowest BCUT2D eigenvalue weighted by Gasteiger charge is -2.51. The van der Waals surface area contributed by atoms with Crippen LogP contribution in [0.2, 0.25) is 0 Å². The summed E-state index contributed by atoms with van der Waals surface area (Å²) in [4.78, 5) is 13.3. The minimum atomic E-state index is -1.92. The maximum absolute atomic E-state index is 13.3. The second kappa shape index (κ2) is 15.0. The van der Waals surface area contributed by atoms with Crippen molar-refractivity contribution >= 4 is 17.6 Å². The number of carbonyl (C=O) groups is 1. The molecule has 0 radical (unpaired) electrons. The van der Waals surface area contributed by atoms with Gasteiger partial charge in [-0.25, -0.2) is 0 Å². The van der Waals surface area contributed by atoms with Crippen LogP contribution in [0.4, 0.5) is 0 Å². The standard InChI is InChI=1S/C34H49ClO10/c1-19-14-24(13-11-9-8-10-12-23-16-25(23)35)43-28(36)18-34(39)17-27(21(3)29(45-34)20(2)26(15-19)40-6)44-32-31(41-7)33(5,38)30(37)22(4)42-32/h8-9,11,13,15,20-27,29-32,37-39H,14,16-18H2,1-7H3/b9-8+,13-11+,19-15+. The minimum absolute atomic E-state index is 0.0690. The molecule has 3 N–H and O–H groups in total. The summed E-state index contributed by atoms with van der Waals surface area (Å²) in [7, 11) is 3.02. The second-order valence-corrected chi connectivity index (χ2v) is 13.7. The third-order valence-corrected chi connectivity index (χ3v) is 9.82. The summed E-state index contributed by atoms with van der Waals surface area (Å²) >= 11 is 5.99. The summed E-state index contributed by atoms with van der Waals surface area (Å²) in [5, 5.41) is 33.6. The van der Waals surface area contributed by atoms with Crippen LogP contribution in [0.15, 0.2) is 36.0 Å². The summed E-state index contributed by atoms with van der Waals surface area (Å²) in [5.41, 5.74) is -0.699. The number of esters is 1. The molecular weight excluding hydrogens is 604 g/mol. The molecule has 3 heterocycles. The lowest BCUT2D eigenvalue weighted by Crippen LogP contribution is -2.66. The molecule has 4 aliphatic rings. The lowest BCUT2D eigenvalue weighted by atomic mass is 9.79. The van der Waals surface area contributed by atoms with Crippen molar-refractivity contribution in [1.82, 2.24) is 0 Å². The van der Waals surface area contributed by atoms with Gasteiger partial charge in [-0.2, -0.15) is 0 Å². The van der Waals surface area contributed by atoms with Crippen molar-refractivity contribution in [1.29, 1.82) is 0 Å². The van der Waals surface area contributed by atoms with Gasteiger partial charge in [0, 0.05) is 50.2 Å². The van der Waals surface area contributed by atoms with E-state index in [0.717, 1.165) is 12.0 Å². The molecule has 0 aromatic heterocycles. The van der Waals surface area contributed by atoms with E-state index < -0.39 is 66.7 Å². The van der Waals surface area contributed by atoms with Gasteiger partial charge < -0.3 is 43.7 Å². The number of allylic oxidation sites excluding steroid dienone is 3. The number of cyclic esters (lactones) is 1. The molecule has 45 heavy (non-hydrogen) atoms. The van der Waals surface area contributed by atoms with Crippen molar-refractivity contribution in [3.8, 4) is 11.8 Å². The van der Waals surface area contributed by atoms with E-state index in [1.54, 1.807) is 38.3 Å². The topological polar surface area (TPSA) is 133 Å². The molecule has 0 aromatic rings. The summed E-state index contributed by atoms with van der Waals surface area (Å²) in [6.07, 6.45) is 3.64. The molecule has 14 atom stereocenters. The number of ether oxygens (including phenoxy) is 6. The van der Waals surface area contributed by atoms with Gasteiger partial charge in [0.2, 0.25) is 0 Å². The molecule has 1 saturated carbocycles. The molecule has 0 spiro atoms. The van der Waals surface area contributed by atoms with Gasteiger partial charge in [-0.05, 0) is 39.3 Å². The molecule has 3 fully saturated rings. The maximum atomic E-state index is 13.3. The van der Waals surface area contributed by atoms with E-state index in [-0.39, 0.29) is 35.7 Å². The highest BCUT2D eigenvalue weighted by Crippen LogP contribution is 2.42. The van der Waals surface area contributed by atoms with Crippen LogP contribution in [-0.4, -0.2) is 101 Å². The Balaban J connectivity index is 1.58. The number of halogens is 1. The Labute approximate surface area is 271 Å². The Hall–Kier alpha value is -1.78. The Morgan fingerprint density at radius 3 is 2.49 bits per heavy atom. The Bertz CT molecular complexity index is 1190. The predicted octanol–water partition coefficient (Wildman–Crippen LogP) is 3.40. The van der Waals surface area contributed by atoms with Crippen LogP contribution in [-0.2, 0) is 33.2 Å². The third-order valence-electron chi connectivity index (χ3n) is 9.34. The first kappa shape index (κ1) is 36.1. The van der Waals surface area contributed by atoms with Crippen LogP contribution in [0.5, 0.6) is 0 Å². The molecule has 2 saturated heterocycles. The highest BCUT2D eigenvalue weighted by atomic mass is 35.5. The van der Waals surface area contributed by atoms with Crippen molar-refractivity contribution in [2.45, 2.75) is 126 Å². The monoisotopic (exact) mass is 652 g/mol. The van der Waals surface area contributed by atoms with E-state index in [1.807, 2.05) is 26.8 Å². The third kappa shape index (κ3) is 8.78. The van der Waals surface area contributed by atoms with Crippen LogP contribution in [0.1, 0.15) is 60.3 Å². The van der Waals surface area contributed by atoms with Gasteiger partial charge in [0.05, 0.1) is 30.8 Å². The summed E-state index contributed by atoms with van der Waals surface area (Å²) in [6, 6.07) is 0. The predicted molar refractivity (Wildman–Crippen MR) is 167 cm³/mol. The highest BCUT2D eigenvalue weighted by Gasteiger charge is 2.55. The number of aliphatic hydroxyl groups excluding tert-OH is 1. The summed E-state index contributed by atoms with van der Waals surface area (Å²) in [5.74, 6) is 3.23. The van der Waals surface area contributed by atoms with Crippen LogP contribution >= 0.6 is 11.6 Å². The SMILES string of the molecule is COC1/C=C(\C)CC(/C=C/C=C/C#CC2CC2Cl)OC(=O)CC2(O)CC(OC3OC(C)C(O)C(C)(O)C3OC)C(C)C(O2)C1C. The number of aliphatic hydroxyl groups is 3. The van der Waals surface area contributed by atoms with E-state index in [4.69, 9.17) is 40.0 Å². The van der Waals surface area contributed by atoms with Crippen LogP contribution in [0.3, 0.4) is 0 Å². The molecule has 0 aromatic carbocycles. The van der Waals surface area contributed by atoms with Crippen molar-refractivity contribution in [2.24, 2.45) is 17.8 Å². The number of fused-ring (bicyclic) bond motifs is 2. The van der Waals surface area contributed by atoms with Gasteiger partial charge >= 0.3 is 5.97 Å². The smallest absolute Gasteiger partial charge is 0.311 e. The van der Waals surface area contributed by atoms with Crippen molar-refractivity contribution < 1.29 is 48.5 Å². The molecule has 10 nitrogen and oxygen atoms in total. The van der Waals surface area contributed by atoms with E-state index >= 15 is 0 Å². The zero-order valence-corrected chi connectivity index (χ0v) is 28.0. The summed E-state index contributed by atoms with van der Waals surface area (Å²) < 4.78 is 35.9. The van der Waals surface area contributed by atoms with Gasteiger partial charge in [-0.1, -0.05) is 49.5 Å². The van der Waals surface area contributed by atoms with Gasteiger partial charge in [0.25, 0.3) is 0 Å². The molecule has 14 unspecified atom stereocenters. The zero-order valence-electron chi connectivity index (χ0n) is 27.2. The molecule has 11 heteroatoms. The second-order valence-electron chi connectivity index (χ2n) is 13.2. The zero-order chi connectivity index (χ0) is 33.1. The maximum Gasteiger partial charge on any atom is 0.311 e. The van der Waals surface area contributed by atoms with Crippen molar-refractivity contribution in [2.75, 3.05) is 14.2 Å². The van der Waals surface area contributed by atoms with Crippen LogP contribution < -0.4 is 0 Å². The first-order valence-electron chi connectivity index (χ1n) is 15.7. The number of methoxy groups -OCH3 is 2. The van der Waals surface area contributed by atoms with E-state index in [0.29, 0.717) is 6.42 Å². The minimum Gasteiger partial charge on any atom is -0.458 e. The fraction of sp³-hybridized carbons (Fsp3) is 0.735. The highest BCUT2D eigenvalue weighted by molar-refractivity contribution is 6.22.